The van der Waals surface area contributed by atoms with E-state index in [9.17, 15) is 4.39 Å². The van der Waals surface area contributed by atoms with Gasteiger partial charge in [-0.2, -0.15) is 0 Å². The Labute approximate surface area is 126 Å². The zero-order chi connectivity index (χ0) is 14.8. The monoisotopic (exact) mass is 301 g/mol. The van der Waals surface area contributed by atoms with E-state index in [1.165, 1.54) is 12.1 Å². The Kier molecular flexibility index (Phi) is 3.71. The predicted octanol–water partition coefficient (Wildman–Crippen LogP) is 4.52. The van der Waals surface area contributed by atoms with Crippen LogP contribution in [0.4, 0.5) is 10.2 Å². The highest BCUT2D eigenvalue weighted by Crippen LogP contribution is 2.27. The predicted molar refractivity (Wildman–Crippen MR) is 84.1 cm³/mol. The van der Waals surface area contributed by atoms with Crippen LogP contribution in [0.5, 0.6) is 0 Å². The molecule has 3 nitrogen and oxygen atoms in total. The van der Waals surface area contributed by atoms with Gasteiger partial charge in [0, 0.05) is 22.5 Å². The van der Waals surface area contributed by atoms with Crippen LogP contribution in [-0.2, 0) is 0 Å². The molecule has 1 aromatic heterocycles. The summed E-state index contributed by atoms with van der Waals surface area (Å²) >= 11 is 6.03. The first-order valence-corrected chi connectivity index (χ1v) is 7.02. The van der Waals surface area contributed by atoms with E-state index in [4.69, 9.17) is 11.6 Å². The highest BCUT2D eigenvalue weighted by Gasteiger charge is 2.10. The number of nitrogens with zero attached hydrogens (tertiary/aromatic N) is 2. The number of nitrogens with one attached hydrogen (secondary N) is 1. The molecule has 1 heterocycles. The maximum atomic E-state index is 13.4. The van der Waals surface area contributed by atoms with Crippen LogP contribution in [0.1, 0.15) is 6.92 Å². The summed E-state index contributed by atoms with van der Waals surface area (Å²) in [6, 6.07) is 11.7. The summed E-state index contributed by atoms with van der Waals surface area (Å²) in [6.45, 7) is 2.73. The van der Waals surface area contributed by atoms with E-state index in [0.29, 0.717) is 16.4 Å². The van der Waals surface area contributed by atoms with Gasteiger partial charge in [-0.25, -0.2) is 14.4 Å². The molecule has 0 spiro atoms. The highest BCUT2D eigenvalue weighted by atomic mass is 35.5. The van der Waals surface area contributed by atoms with Gasteiger partial charge in [0.05, 0.1) is 5.52 Å². The van der Waals surface area contributed by atoms with Crippen LogP contribution in [0.2, 0.25) is 5.02 Å². The zero-order valence-electron chi connectivity index (χ0n) is 11.4. The van der Waals surface area contributed by atoms with Crippen molar-refractivity contribution in [2.75, 3.05) is 11.9 Å². The first-order valence-electron chi connectivity index (χ1n) is 6.64. The van der Waals surface area contributed by atoms with Gasteiger partial charge in [0.15, 0.2) is 5.82 Å². The van der Waals surface area contributed by atoms with Crippen molar-refractivity contribution >= 4 is 28.3 Å². The SMILES string of the molecule is CCNc1nc(-c2cccc(F)c2)nc2cc(Cl)ccc12. The van der Waals surface area contributed by atoms with Gasteiger partial charge < -0.3 is 5.32 Å². The molecule has 0 atom stereocenters. The third-order valence-electron chi connectivity index (χ3n) is 3.09. The van der Waals surface area contributed by atoms with E-state index >= 15 is 0 Å². The Hall–Kier alpha value is -2.20. The molecule has 0 saturated carbocycles. The quantitative estimate of drug-likeness (QED) is 0.773. The second kappa shape index (κ2) is 5.66. The number of halogens is 2. The molecule has 0 amide bonds. The third-order valence-corrected chi connectivity index (χ3v) is 3.32. The summed E-state index contributed by atoms with van der Waals surface area (Å²) in [5, 5.41) is 4.70. The topological polar surface area (TPSA) is 37.8 Å². The molecule has 0 unspecified atom stereocenters. The maximum Gasteiger partial charge on any atom is 0.162 e. The molecule has 0 aliphatic rings. The number of hydrogen-bond donors (Lipinski definition) is 1. The summed E-state index contributed by atoms with van der Waals surface area (Å²) in [5.74, 6) is 0.880. The van der Waals surface area contributed by atoms with Gasteiger partial charge in [-0.3, -0.25) is 0 Å². The van der Waals surface area contributed by atoms with Crippen LogP contribution in [0, 0.1) is 5.82 Å². The zero-order valence-corrected chi connectivity index (χ0v) is 12.2. The minimum Gasteiger partial charge on any atom is -0.370 e. The van der Waals surface area contributed by atoms with E-state index in [1.54, 1.807) is 24.3 Å². The van der Waals surface area contributed by atoms with Crippen molar-refractivity contribution in [3.8, 4) is 11.4 Å². The Morgan fingerprint density at radius 3 is 2.76 bits per heavy atom. The molecule has 0 aliphatic heterocycles. The molecule has 5 heteroatoms. The van der Waals surface area contributed by atoms with Crippen LogP contribution in [-0.4, -0.2) is 16.5 Å². The summed E-state index contributed by atoms with van der Waals surface area (Å²) in [7, 11) is 0. The van der Waals surface area contributed by atoms with Gasteiger partial charge in [-0.15, -0.1) is 0 Å². The number of aromatic nitrogens is 2. The molecule has 2 aromatic carbocycles. The molecule has 0 fully saturated rings. The largest absolute Gasteiger partial charge is 0.370 e. The van der Waals surface area contributed by atoms with Crippen LogP contribution < -0.4 is 5.32 Å². The van der Waals surface area contributed by atoms with Gasteiger partial charge in [0.25, 0.3) is 0 Å². The molecule has 106 valence electrons. The van der Waals surface area contributed by atoms with Gasteiger partial charge >= 0.3 is 0 Å². The third kappa shape index (κ3) is 2.81. The Balaban J connectivity index is 2.23. The smallest absolute Gasteiger partial charge is 0.162 e. The van der Waals surface area contributed by atoms with E-state index in [-0.39, 0.29) is 5.82 Å². The lowest BCUT2D eigenvalue weighted by atomic mass is 10.1. The Bertz CT molecular complexity index is 805. The number of fused-ring (bicyclic) bond motifs is 1. The van der Waals surface area contributed by atoms with Gasteiger partial charge in [0.1, 0.15) is 11.6 Å². The van der Waals surface area contributed by atoms with E-state index in [0.717, 1.165) is 23.3 Å². The van der Waals surface area contributed by atoms with Gasteiger partial charge in [0.2, 0.25) is 0 Å². The van der Waals surface area contributed by atoms with Crippen LogP contribution >= 0.6 is 11.6 Å². The maximum absolute atomic E-state index is 13.4. The van der Waals surface area contributed by atoms with Gasteiger partial charge in [-0.1, -0.05) is 23.7 Å². The molecule has 3 rings (SSSR count). The fourth-order valence-corrected chi connectivity index (χ4v) is 2.33. The molecule has 0 aliphatic carbocycles. The van der Waals surface area contributed by atoms with Crippen molar-refractivity contribution in [2.45, 2.75) is 6.92 Å². The lowest BCUT2D eigenvalue weighted by Crippen LogP contribution is -2.03. The summed E-state index contributed by atoms with van der Waals surface area (Å²) < 4.78 is 13.4. The average Bonchev–Trinajstić information content (AvgIpc) is 2.47. The Morgan fingerprint density at radius 2 is 2.00 bits per heavy atom. The minimum atomic E-state index is -0.313. The van der Waals surface area contributed by atoms with Crippen molar-refractivity contribution in [1.82, 2.24) is 9.97 Å². The average molecular weight is 302 g/mol. The fourth-order valence-electron chi connectivity index (χ4n) is 2.16. The summed E-state index contributed by atoms with van der Waals surface area (Å²) in [6.07, 6.45) is 0. The molecule has 0 saturated heterocycles. The second-order valence-corrected chi connectivity index (χ2v) is 5.03. The van der Waals surface area contributed by atoms with Crippen LogP contribution in [0.25, 0.3) is 22.3 Å². The second-order valence-electron chi connectivity index (χ2n) is 4.60. The normalized spacial score (nSPS) is 10.8. The minimum absolute atomic E-state index is 0.313. The number of hydrogen-bond acceptors (Lipinski definition) is 3. The highest BCUT2D eigenvalue weighted by molar-refractivity contribution is 6.31. The molecule has 0 radical (unpaired) electrons. The number of rotatable bonds is 3. The molecule has 21 heavy (non-hydrogen) atoms. The van der Waals surface area contributed by atoms with E-state index < -0.39 is 0 Å². The molecule has 3 aromatic rings. The van der Waals surface area contributed by atoms with Crippen molar-refractivity contribution in [3.63, 3.8) is 0 Å². The first-order chi connectivity index (χ1) is 10.2. The van der Waals surface area contributed by atoms with E-state index in [2.05, 4.69) is 15.3 Å². The standard InChI is InChI=1S/C16H13ClFN3/c1-2-19-16-13-7-6-11(17)9-14(13)20-15(21-16)10-4-3-5-12(18)8-10/h3-9H,2H2,1H3,(H,19,20,21). The molecule has 0 bridgehead atoms. The van der Waals surface area contributed by atoms with Crippen molar-refractivity contribution < 1.29 is 4.39 Å². The lowest BCUT2D eigenvalue weighted by molar-refractivity contribution is 0.628. The van der Waals surface area contributed by atoms with Crippen LogP contribution in [0.15, 0.2) is 42.5 Å². The molecular weight excluding hydrogens is 289 g/mol. The number of anilines is 1. The molecule has 1 N–H and O–H groups in total. The summed E-state index contributed by atoms with van der Waals surface area (Å²) in [4.78, 5) is 8.99. The van der Waals surface area contributed by atoms with Crippen molar-refractivity contribution in [1.29, 1.82) is 0 Å². The summed E-state index contributed by atoms with van der Waals surface area (Å²) in [5.41, 5.74) is 1.36. The fraction of sp³-hybridized carbons (Fsp3) is 0.125. The number of benzene rings is 2. The van der Waals surface area contributed by atoms with Crippen LogP contribution in [0.3, 0.4) is 0 Å². The molecular formula is C16H13ClFN3. The Morgan fingerprint density at radius 1 is 1.14 bits per heavy atom. The van der Waals surface area contributed by atoms with Crippen molar-refractivity contribution in [2.24, 2.45) is 0 Å². The first kappa shape index (κ1) is 13.8. The van der Waals surface area contributed by atoms with Gasteiger partial charge in [-0.05, 0) is 37.3 Å². The van der Waals surface area contributed by atoms with Crippen molar-refractivity contribution in [3.05, 3.63) is 53.3 Å². The van der Waals surface area contributed by atoms with E-state index in [1.807, 2.05) is 13.0 Å². The lowest BCUT2D eigenvalue weighted by Gasteiger charge is -2.10.